The third-order valence-corrected chi connectivity index (χ3v) is 15.4. The van der Waals surface area contributed by atoms with Gasteiger partial charge >= 0.3 is 0 Å². The molecule has 1 heterocycles. The van der Waals surface area contributed by atoms with Crippen LogP contribution in [0.15, 0.2) is 132 Å². The van der Waals surface area contributed by atoms with Gasteiger partial charge in [0, 0.05) is 38.5 Å². The first-order chi connectivity index (χ1) is 26.2. The number of para-hydroxylation sites is 1. The van der Waals surface area contributed by atoms with Crippen LogP contribution in [0, 0.1) is 23.7 Å². The van der Waals surface area contributed by atoms with Crippen molar-refractivity contribution in [1.29, 1.82) is 0 Å². The first-order valence-electron chi connectivity index (χ1n) is 20.4. The van der Waals surface area contributed by atoms with Crippen LogP contribution in [-0.2, 0) is 10.8 Å². The Labute approximate surface area is 311 Å². The molecule has 4 bridgehead atoms. The lowest BCUT2D eigenvalue weighted by molar-refractivity contribution is -0.0399. The van der Waals surface area contributed by atoms with Crippen molar-refractivity contribution in [1.82, 2.24) is 0 Å². The number of nitrogens with zero attached hydrogens (tertiary/aromatic N) is 1. The van der Waals surface area contributed by atoms with Gasteiger partial charge in [-0.05, 0) is 150 Å². The van der Waals surface area contributed by atoms with E-state index in [1.807, 2.05) is 0 Å². The van der Waals surface area contributed by atoms with Crippen LogP contribution in [0.3, 0.4) is 0 Å². The van der Waals surface area contributed by atoms with Gasteiger partial charge in [0.2, 0.25) is 0 Å². The van der Waals surface area contributed by atoms with Crippen LogP contribution < -0.4 is 4.90 Å². The number of hydrogen-bond acceptors (Lipinski definition) is 2. The van der Waals surface area contributed by atoms with Crippen LogP contribution >= 0.6 is 0 Å². The van der Waals surface area contributed by atoms with Gasteiger partial charge in [-0.1, -0.05) is 97.8 Å². The van der Waals surface area contributed by atoms with Gasteiger partial charge < -0.3 is 9.32 Å². The van der Waals surface area contributed by atoms with Crippen LogP contribution in [0.1, 0.15) is 80.0 Å². The van der Waals surface area contributed by atoms with E-state index in [4.69, 9.17) is 4.42 Å². The second-order valence-corrected chi connectivity index (χ2v) is 17.6. The van der Waals surface area contributed by atoms with Crippen molar-refractivity contribution in [2.75, 3.05) is 4.90 Å². The lowest BCUT2D eigenvalue weighted by Crippen LogP contribution is -2.55. The van der Waals surface area contributed by atoms with Crippen LogP contribution in [0.25, 0.3) is 44.2 Å². The molecule has 2 heteroatoms. The topological polar surface area (TPSA) is 16.4 Å². The van der Waals surface area contributed by atoms with Crippen molar-refractivity contribution in [2.45, 2.75) is 68.6 Å². The van der Waals surface area contributed by atoms with Gasteiger partial charge in [-0.15, -0.1) is 0 Å². The molecule has 5 saturated carbocycles. The van der Waals surface area contributed by atoms with E-state index in [1.165, 1.54) is 113 Å². The van der Waals surface area contributed by atoms with E-state index in [-0.39, 0.29) is 10.8 Å². The van der Waals surface area contributed by atoms with E-state index >= 15 is 0 Å². The Morgan fingerprint density at radius 2 is 1.13 bits per heavy atom. The third-order valence-electron chi connectivity index (χ3n) is 15.4. The minimum absolute atomic E-state index is 0.105. The van der Waals surface area contributed by atoms with Gasteiger partial charge in [-0.2, -0.15) is 0 Å². The molecule has 5 fully saturated rings. The Kier molecular flexibility index (Phi) is 5.72. The molecular formula is C51H43NO. The van der Waals surface area contributed by atoms with Crippen molar-refractivity contribution in [2.24, 2.45) is 23.7 Å². The summed E-state index contributed by atoms with van der Waals surface area (Å²) in [5.74, 6) is 3.32. The van der Waals surface area contributed by atoms with Gasteiger partial charge in [-0.25, -0.2) is 0 Å². The number of anilines is 3. The SMILES string of the molecule is c1ccc2c(c1)-c1ccc(N(c3ccc4oc5ccccc5c4c3)c3cccc4c3-c3ccccc3C43C4CC5CC(C4)CC3C5)cc1C21CCCC1. The molecule has 0 amide bonds. The second kappa shape index (κ2) is 10.3. The lowest BCUT2D eigenvalue weighted by atomic mass is 9.43. The quantitative estimate of drug-likeness (QED) is 0.184. The first kappa shape index (κ1) is 29.4. The van der Waals surface area contributed by atoms with E-state index in [0.717, 1.165) is 34.8 Å². The third kappa shape index (κ3) is 3.66. The Balaban J connectivity index is 1.08. The molecule has 2 nitrogen and oxygen atoms in total. The monoisotopic (exact) mass is 685 g/mol. The summed E-state index contributed by atoms with van der Waals surface area (Å²) in [6, 6.07) is 49.1. The van der Waals surface area contributed by atoms with Gasteiger partial charge in [0.1, 0.15) is 11.2 Å². The van der Waals surface area contributed by atoms with Crippen molar-refractivity contribution < 1.29 is 4.42 Å². The van der Waals surface area contributed by atoms with E-state index in [9.17, 15) is 0 Å². The molecule has 0 N–H and O–H groups in total. The van der Waals surface area contributed by atoms with E-state index in [2.05, 4.69) is 132 Å². The maximum absolute atomic E-state index is 6.39. The highest BCUT2D eigenvalue weighted by atomic mass is 16.3. The Morgan fingerprint density at radius 3 is 1.96 bits per heavy atom. The summed E-state index contributed by atoms with van der Waals surface area (Å²) in [5, 5.41) is 2.35. The second-order valence-electron chi connectivity index (χ2n) is 17.6. The fourth-order valence-corrected chi connectivity index (χ4v) is 13.7. The molecule has 7 aliphatic carbocycles. The van der Waals surface area contributed by atoms with Gasteiger partial charge in [0.15, 0.2) is 0 Å². The molecule has 0 atom stereocenters. The molecule has 6 aromatic carbocycles. The van der Waals surface area contributed by atoms with Crippen molar-refractivity contribution in [3.8, 4) is 22.3 Å². The predicted molar refractivity (Wildman–Crippen MR) is 216 cm³/mol. The fraction of sp³-hybridized carbons (Fsp3) is 0.294. The summed E-state index contributed by atoms with van der Waals surface area (Å²) < 4.78 is 6.39. The van der Waals surface area contributed by atoms with Gasteiger partial charge in [0.05, 0.1) is 5.69 Å². The Bertz CT molecular complexity index is 2640. The van der Waals surface area contributed by atoms with E-state index in [1.54, 1.807) is 16.7 Å². The fourth-order valence-electron chi connectivity index (χ4n) is 13.7. The average Bonchev–Trinajstić information content (AvgIpc) is 3.96. The molecule has 0 unspecified atom stereocenters. The average molecular weight is 686 g/mol. The smallest absolute Gasteiger partial charge is 0.135 e. The number of hydrogen-bond donors (Lipinski definition) is 0. The molecule has 258 valence electrons. The normalized spacial score (nSPS) is 26.4. The van der Waals surface area contributed by atoms with Crippen molar-refractivity contribution in [3.63, 3.8) is 0 Å². The molecule has 53 heavy (non-hydrogen) atoms. The summed E-state index contributed by atoms with van der Waals surface area (Å²) in [6.45, 7) is 0. The zero-order valence-electron chi connectivity index (χ0n) is 30.2. The van der Waals surface area contributed by atoms with Crippen LogP contribution in [0.5, 0.6) is 0 Å². The molecule has 14 rings (SSSR count). The van der Waals surface area contributed by atoms with Crippen LogP contribution in [-0.4, -0.2) is 0 Å². The Morgan fingerprint density at radius 1 is 0.491 bits per heavy atom. The molecular weight excluding hydrogens is 643 g/mol. The van der Waals surface area contributed by atoms with Gasteiger partial charge in [-0.3, -0.25) is 0 Å². The maximum Gasteiger partial charge on any atom is 0.135 e. The highest BCUT2D eigenvalue weighted by molar-refractivity contribution is 6.07. The Hall–Kier alpha value is -5.08. The zero-order chi connectivity index (χ0) is 34.5. The molecule has 7 aromatic rings. The molecule has 0 radical (unpaired) electrons. The highest BCUT2D eigenvalue weighted by Gasteiger charge is 2.62. The van der Waals surface area contributed by atoms with E-state index in [0.29, 0.717) is 0 Å². The van der Waals surface area contributed by atoms with Crippen LogP contribution in [0.4, 0.5) is 17.1 Å². The molecule has 0 saturated heterocycles. The maximum atomic E-state index is 6.39. The summed E-state index contributed by atoms with van der Waals surface area (Å²) in [4.78, 5) is 2.62. The van der Waals surface area contributed by atoms with E-state index < -0.39 is 0 Å². The lowest BCUT2D eigenvalue weighted by Gasteiger charge is -2.61. The molecule has 7 aliphatic rings. The number of benzene rings is 6. The summed E-state index contributed by atoms with van der Waals surface area (Å²) in [6.07, 6.45) is 12.1. The molecule has 1 aromatic heterocycles. The van der Waals surface area contributed by atoms with Gasteiger partial charge in [0.25, 0.3) is 0 Å². The summed E-state index contributed by atoms with van der Waals surface area (Å²) >= 11 is 0. The van der Waals surface area contributed by atoms with Crippen molar-refractivity contribution >= 4 is 39.0 Å². The molecule has 2 spiro atoms. The predicted octanol–water partition coefficient (Wildman–Crippen LogP) is 13.6. The standard InChI is InChI=1S/C51H43NO/c1-4-13-42-37(10-1)38-20-18-36(30-45(38)50(42)22-7-8-23-50)52(35-19-21-48-41(29-35)39-11-3-6-17-47(39)53-48)46-16-9-15-44-49(46)40-12-2-5-14-43(40)51(44)33-25-31-24-32(27-33)28-34(51)26-31/h1-6,9-21,29-34H,7-8,22-28H2. The number of rotatable bonds is 3. The first-order valence-corrected chi connectivity index (χ1v) is 20.4. The van der Waals surface area contributed by atoms with Crippen molar-refractivity contribution in [3.05, 3.63) is 150 Å². The zero-order valence-corrected chi connectivity index (χ0v) is 30.2. The highest BCUT2D eigenvalue weighted by Crippen LogP contribution is 2.70. The minimum Gasteiger partial charge on any atom is -0.456 e. The largest absolute Gasteiger partial charge is 0.456 e. The minimum atomic E-state index is 0.105. The summed E-state index contributed by atoms with van der Waals surface area (Å²) in [5.41, 5.74) is 18.0. The molecule has 0 aliphatic heterocycles. The number of fused-ring (bicyclic) bond motifs is 11. The number of furan rings is 1. The summed E-state index contributed by atoms with van der Waals surface area (Å²) in [7, 11) is 0. The van der Waals surface area contributed by atoms with Crippen LogP contribution in [0.2, 0.25) is 0 Å².